The Hall–Kier alpha value is -1.15. The van der Waals surface area contributed by atoms with Gasteiger partial charge in [0.05, 0.1) is 12.4 Å². The third-order valence-electron chi connectivity index (χ3n) is 3.41. The molecule has 0 spiro atoms. The summed E-state index contributed by atoms with van der Waals surface area (Å²) in [5, 5.41) is 4.94. The van der Waals surface area contributed by atoms with Gasteiger partial charge in [-0.2, -0.15) is 5.10 Å². The van der Waals surface area contributed by atoms with Crippen LogP contribution in [0.3, 0.4) is 0 Å². The summed E-state index contributed by atoms with van der Waals surface area (Å²) in [6, 6.07) is 0.0958. The molecule has 0 radical (unpaired) electrons. The molecular formula is C13H19Cl2N5OS. The first kappa shape index (κ1) is 18.9. The smallest absolute Gasteiger partial charge is 0.265 e. The van der Waals surface area contributed by atoms with Crippen molar-refractivity contribution in [2.75, 3.05) is 13.1 Å². The number of carbonyl (C=O) groups is 1. The summed E-state index contributed by atoms with van der Waals surface area (Å²) in [7, 11) is 1.86. The lowest BCUT2D eigenvalue weighted by Crippen LogP contribution is -2.45. The molecule has 1 amide bonds. The zero-order valence-electron chi connectivity index (χ0n) is 12.1. The molecule has 0 bridgehead atoms. The predicted octanol–water partition coefficient (Wildman–Crippen LogP) is 1.95. The summed E-state index contributed by atoms with van der Waals surface area (Å²) in [5.74, 6) is 0.0350. The maximum Gasteiger partial charge on any atom is 0.265 e. The zero-order valence-corrected chi connectivity index (χ0v) is 14.6. The Morgan fingerprint density at radius 2 is 2.18 bits per heavy atom. The van der Waals surface area contributed by atoms with Gasteiger partial charge in [-0.05, 0) is 12.8 Å². The van der Waals surface area contributed by atoms with Crippen LogP contribution in [0.2, 0.25) is 0 Å². The Morgan fingerprint density at radius 1 is 1.41 bits per heavy atom. The maximum atomic E-state index is 12.4. The Labute approximate surface area is 145 Å². The van der Waals surface area contributed by atoms with Crippen molar-refractivity contribution < 1.29 is 4.79 Å². The summed E-state index contributed by atoms with van der Waals surface area (Å²) >= 11 is 1.41. The van der Waals surface area contributed by atoms with E-state index in [0.29, 0.717) is 11.4 Å². The van der Waals surface area contributed by atoms with E-state index < -0.39 is 0 Å². The van der Waals surface area contributed by atoms with Crippen LogP contribution in [0, 0.1) is 0 Å². The number of halogens is 2. The first-order valence-electron chi connectivity index (χ1n) is 6.63. The number of amides is 1. The summed E-state index contributed by atoms with van der Waals surface area (Å²) in [5.41, 5.74) is 6.86. The number of piperidine rings is 1. The molecule has 2 aromatic heterocycles. The number of likely N-dealkylation sites (tertiary alicyclic amines) is 1. The second-order valence-corrected chi connectivity index (χ2v) is 6.12. The molecule has 6 nitrogen and oxygen atoms in total. The van der Waals surface area contributed by atoms with E-state index in [4.69, 9.17) is 5.73 Å². The second kappa shape index (κ2) is 7.92. The van der Waals surface area contributed by atoms with Crippen molar-refractivity contribution in [1.29, 1.82) is 0 Å². The fourth-order valence-electron chi connectivity index (χ4n) is 2.39. The molecule has 0 saturated carbocycles. The minimum atomic E-state index is 0. The number of aryl methyl sites for hydroxylation is 1. The number of aromatic nitrogens is 3. The monoisotopic (exact) mass is 363 g/mol. The molecule has 0 aliphatic carbocycles. The third-order valence-corrected chi connectivity index (χ3v) is 4.45. The minimum absolute atomic E-state index is 0. The molecule has 3 rings (SSSR count). The van der Waals surface area contributed by atoms with E-state index in [1.165, 1.54) is 11.3 Å². The van der Waals surface area contributed by atoms with Crippen molar-refractivity contribution in [2.45, 2.75) is 18.9 Å². The van der Waals surface area contributed by atoms with Crippen molar-refractivity contribution in [3.05, 3.63) is 23.5 Å². The van der Waals surface area contributed by atoms with Crippen LogP contribution < -0.4 is 5.73 Å². The van der Waals surface area contributed by atoms with Crippen LogP contribution >= 0.6 is 36.2 Å². The van der Waals surface area contributed by atoms with Gasteiger partial charge < -0.3 is 10.6 Å². The standard InChI is InChI=1S/C13H17N5OS.2ClH/c1-17-7-9(5-16-17)12-15-6-11(20-12)13(19)18-4-2-3-10(14)8-18;;/h5-7,10H,2-4,8,14H2,1H3;2*1H. The van der Waals surface area contributed by atoms with Gasteiger partial charge in [0.25, 0.3) is 5.91 Å². The van der Waals surface area contributed by atoms with E-state index in [1.807, 2.05) is 18.1 Å². The average Bonchev–Trinajstić information content (AvgIpc) is 3.06. The Balaban J connectivity index is 0.00000121. The van der Waals surface area contributed by atoms with Gasteiger partial charge in [0.2, 0.25) is 0 Å². The maximum absolute atomic E-state index is 12.4. The molecule has 1 saturated heterocycles. The number of nitrogens with two attached hydrogens (primary N) is 1. The fourth-order valence-corrected chi connectivity index (χ4v) is 3.25. The molecule has 1 fully saturated rings. The quantitative estimate of drug-likeness (QED) is 0.884. The molecule has 1 unspecified atom stereocenters. The molecule has 2 N–H and O–H groups in total. The van der Waals surface area contributed by atoms with Crippen molar-refractivity contribution >= 4 is 42.1 Å². The van der Waals surface area contributed by atoms with E-state index in [9.17, 15) is 4.79 Å². The van der Waals surface area contributed by atoms with Gasteiger partial charge in [0, 0.05) is 37.9 Å². The summed E-state index contributed by atoms with van der Waals surface area (Å²) in [6.45, 7) is 1.42. The Kier molecular flexibility index (Phi) is 6.80. The molecule has 2 aromatic rings. The van der Waals surface area contributed by atoms with Crippen LogP contribution in [-0.2, 0) is 7.05 Å². The third kappa shape index (κ3) is 3.98. The molecule has 0 aromatic carbocycles. The van der Waals surface area contributed by atoms with Crippen LogP contribution in [0.4, 0.5) is 0 Å². The molecular weight excluding hydrogens is 345 g/mol. The van der Waals surface area contributed by atoms with E-state index in [2.05, 4.69) is 10.1 Å². The van der Waals surface area contributed by atoms with E-state index >= 15 is 0 Å². The molecule has 9 heteroatoms. The molecule has 122 valence electrons. The van der Waals surface area contributed by atoms with Crippen molar-refractivity contribution in [2.24, 2.45) is 12.8 Å². The average molecular weight is 364 g/mol. The minimum Gasteiger partial charge on any atom is -0.336 e. The molecule has 1 aliphatic rings. The predicted molar refractivity (Wildman–Crippen MR) is 91.9 cm³/mol. The lowest BCUT2D eigenvalue weighted by molar-refractivity contribution is 0.0713. The van der Waals surface area contributed by atoms with Crippen LogP contribution in [0.15, 0.2) is 18.6 Å². The topological polar surface area (TPSA) is 77.0 Å². The first-order chi connectivity index (χ1) is 9.63. The number of hydrogen-bond acceptors (Lipinski definition) is 5. The van der Waals surface area contributed by atoms with E-state index in [0.717, 1.165) is 30.0 Å². The molecule has 1 aliphatic heterocycles. The number of rotatable bonds is 2. The van der Waals surface area contributed by atoms with E-state index in [-0.39, 0.29) is 36.8 Å². The van der Waals surface area contributed by atoms with Gasteiger partial charge >= 0.3 is 0 Å². The highest BCUT2D eigenvalue weighted by Crippen LogP contribution is 2.26. The Morgan fingerprint density at radius 3 is 2.82 bits per heavy atom. The number of thiazole rings is 1. The number of nitrogens with zero attached hydrogens (tertiary/aromatic N) is 4. The lowest BCUT2D eigenvalue weighted by atomic mass is 10.1. The van der Waals surface area contributed by atoms with Crippen molar-refractivity contribution in [3.63, 3.8) is 0 Å². The van der Waals surface area contributed by atoms with Gasteiger partial charge in [0.15, 0.2) is 0 Å². The molecule has 22 heavy (non-hydrogen) atoms. The molecule has 3 heterocycles. The summed E-state index contributed by atoms with van der Waals surface area (Å²) in [6.07, 6.45) is 7.26. The number of carbonyl (C=O) groups excluding carboxylic acids is 1. The van der Waals surface area contributed by atoms with Crippen LogP contribution in [0.1, 0.15) is 22.5 Å². The van der Waals surface area contributed by atoms with Gasteiger partial charge in [-0.25, -0.2) is 4.98 Å². The van der Waals surface area contributed by atoms with E-state index in [1.54, 1.807) is 17.1 Å². The SMILES string of the molecule is Cl.Cl.Cn1cc(-c2ncc(C(=O)N3CCCC(N)C3)s2)cn1. The second-order valence-electron chi connectivity index (χ2n) is 5.09. The fraction of sp³-hybridized carbons (Fsp3) is 0.462. The van der Waals surface area contributed by atoms with Crippen molar-refractivity contribution in [1.82, 2.24) is 19.7 Å². The molecule has 1 atom stereocenters. The van der Waals surface area contributed by atoms with Gasteiger partial charge in [-0.3, -0.25) is 9.48 Å². The largest absolute Gasteiger partial charge is 0.336 e. The summed E-state index contributed by atoms with van der Waals surface area (Å²) < 4.78 is 1.72. The normalized spacial score (nSPS) is 17.5. The highest BCUT2D eigenvalue weighted by molar-refractivity contribution is 7.16. The van der Waals surface area contributed by atoms with Gasteiger partial charge in [0.1, 0.15) is 9.88 Å². The van der Waals surface area contributed by atoms with Crippen LogP contribution in [0.5, 0.6) is 0 Å². The Bertz CT molecular complexity index is 629. The summed E-state index contributed by atoms with van der Waals surface area (Å²) in [4.78, 5) is 19.2. The van der Waals surface area contributed by atoms with Crippen molar-refractivity contribution in [3.8, 4) is 10.6 Å². The van der Waals surface area contributed by atoms with Crippen LogP contribution in [-0.4, -0.2) is 44.7 Å². The zero-order chi connectivity index (χ0) is 14.1. The van der Waals surface area contributed by atoms with Gasteiger partial charge in [-0.15, -0.1) is 36.2 Å². The van der Waals surface area contributed by atoms with Gasteiger partial charge in [-0.1, -0.05) is 0 Å². The lowest BCUT2D eigenvalue weighted by Gasteiger charge is -2.30. The highest BCUT2D eigenvalue weighted by atomic mass is 35.5. The first-order valence-corrected chi connectivity index (χ1v) is 7.45. The highest BCUT2D eigenvalue weighted by Gasteiger charge is 2.24. The number of hydrogen-bond donors (Lipinski definition) is 1. The van der Waals surface area contributed by atoms with Crippen LogP contribution in [0.25, 0.3) is 10.6 Å².